The number of dihydropyridines is 1. The van der Waals surface area contributed by atoms with Gasteiger partial charge in [0.1, 0.15) is 17.1 Å². The highest BCUT2D eigenvalue weighted by molar-refractivity contribution is 6.26. The first-order valence-corrected chi connectivity index (χ1v) is 12.7. The molecule has 1 saturated carbocycles. The fraction of sp³-hybridized carbons (Fsp3) is 0.481. The quantitative estimate of drug-likeness (QED) is 0.595. The van der Waals surface area contributed by atoms with E-state index in [1.807, 2.05) is 63.9 Å². The van der Waals surface area contributed by atoms with Crippen LogP contribution in [0.15, 0.2) is 40.5 Å². The molecule has 37 heavy (non-hydrogen) atoms. The van der Waals surface area contributed by atoms with Crippen LogP contribution in [0, 0.1) is 13.8 Å². The highest BCUT2D eigenvalue weighted by Gasteiger charge is 2.54. The van der Waals surface area contributed by atoms with Crippen LogP contribution in [0.2, 0.25) is 0 Å². The fourth-order valence-electron chi connectivity index (χ4n) is 5.22. The molecule has 1 atom stereocenters. The number of rotatable bonds is 1. The van der Waals surface area contributed by atoms with Gasteiger partial charge in [0.15, 0.2) is 17.5 Å². The SMILES string of the molecule is Cc1cn2nc(C3=CC(=O)C4N=C(N5CCN(C(=O)OC(C)(C)C)C6(CC6)C5)C=CC4=N3)cc(C)c2n1. The third-order valence-corrected chi connectivity index (χ3v) is 7.15. The number of hydrogen-bond acceptors (Lipinski definition) is 8. The summed E-state index contributed by atoms with van der Waals surface area (Å²) in [5.41, 5.74) is 3.66. The van der Waals surface area contributed by atoms with Gasteiger partial charge < -0.3 is 9.64 Å². The van der Waals surface area contributed by atoms with Crippen LogP contribution in [-0.4, -0.2) is 84.6 Å². The molecule has 4 aliphatic rings. The maximum Gasteiger partial charge on any atom is 0.410 e. The minimum atomic E-state index is -0.664. The third-order valence-electron chi connectivity index (χ3n) is 7.15. The summed E-state index contributed by atoms with van der Waals surface area (Å²) in [6, 6.07) is 1.24. The molecular formula is C27H31N7O3. The Balaban J connectivity index is 1.20. The summed E-state index contributed by atoms with van der Waals surface area (Å²) in [5, 5.41) is 4.62. The molecule has 1 unspecified atom stereocenters. The maximum absolute atomic E-state index is 13.2. The topological polar surface area (TPSA) is 105 Å². The van der Waals surface area contributed by atoms with Crippen molar-refractivity contribution in [3.05, 3.63) is 47.4 Å². The molecule has 192 valence electrons. The number of ketones is 1. The number of carbonyl (C=O) groups is 2. The number of aryl methyl sites for hydroxylation is 2. The van der Waals surface area contributed by atoms with E-state index in [2.05, 4.69) is 15.0 Å². The zero-order valence-electron chi connectivity index (χ0n) is 21.9. The zero-order chi connectivity index (χ0) is 26.1. The van der Waals surface area contributed by atoms with E-state index < -0.39 is 11.6 Å². The molecule has 3 aliphatic heterocycles. The first-order valence-electron chi connectivity index (χ1n) is 12.7. The molecule has 0 aromatic carbocycles. The van der Waals surface area contributed by atoms with Gasteiger partial charge >= 0.3 is 6.09 Å². The summed E-state index contributed by atoms with van der Waals surface area (Å²) in [6.07, 6.45) is 8.82. The van der Waals surface area contributed by atoms with Gasteiger partial charge in [0, 0.05) is 25.7 Å². The van der Waals surface area contributed by atoms with Gasteiger partial charge in [0.2, 0.25) is 0 Å². The Morgan fingerprint density at radius 2 is 1.95 bits per heavy atom. The van der Waals surface area contributed by atoms with E-state index in [1.54, 1.807) is 4.52 Å². The van der Waals surface area contributed by atoms with Crippen LogP contribution >= 0.6 is 0 Å². The second kappa shape index (κ2) is 8.09. The number of ether oxygens (including phenoxy) is 1. The standard InChI is InChI=1S/C27H31N7O3/c1-16-12-20(31-34-14-17(2)28-24(16)34)19-13-21(35)23-18(29-19)6-7-22(30-23)32-10-11-33(27(15-32)8-9-27)25(36)37-26(3,4)5/h6-7,12-14,23H,8-11,15H2,1-5H3. The Morgan fingerprint density at radius 1 is 1.16 bits per heavy atom. The van der Waals surface area contributed by atoms with Crippen molar-refractivity contribution >= 4 is 34.8 Å². The Labute approximate surface area is 215 Å². The summed E-state index contributed by atoms with van der Waals surface area (Å²) >= 11 is 0. The van der Waals surface area contributed by atoms with Crippen molar-refractivity contribution < 1.29 is 14.3 Å². The molecule has 1 saturated heterocycles. The van der Waals surface area contributed by atoms with E-state index in [-0.39, 0.29) is 17.4 Å². The lowest BCUT2D eigenvalue weighted by Crippen LogP contribution is -2.59. The predicted octanol–water partition coefficient (Wildman–Crippen LogP) is 3.13. The minimum Gasteiger partial charge on any atom is -0.444 e. The van der Waals surface area contributed by atoms with Crippen LogP contribution < -0.4 is 0 Å². The average molecular weight is 502 g/mol. The molecule has 2 aromatic heterocycles. The van der Waals surface area contributed by atoms with Gasteiger partial charge in [-0.3, -0.25) is 14.7 Å². The fourth-order valence-corrected chi connectivity index (χ4v) is 5.22. The molecule has 2 aromatic rings. The van der Waals surface area contributed by atoms with Gasteiger partial charge in [0.05, 0.1) is 28.8 Å². The Morgan fingerprint density at radius 3 is 2.68 bits per heavy atom. The molecule has 0 radical (unpaired) electrons. The second-order valence-electron chi connectivity index (χ2n) is 11.3. The van der Waals surface area contributed by atoms with E-state index in [4.69, 9.17) is 14.7 Å². The second-order valence-corrected chi connectivity index (χ2v) is 11.3. The van der Waals surface area contributed by atoms with Crippen molar-refractivity contribution in [3.8, 4) is 0 Å². The monoisotopic (exact) mass is 501 g/mol. The normalized spacial score (nSPS) is 22.6. The van der Waals surface area contributed by atoms with E-state index >= 15 is 0 Å². The van der Waals surface area contributed by atoms with Crippen LogP contribution in [0.4, 0.5) is 4.79 Å². The van der Waals surface area contributed by atoms with Crippen LogP contribution in [0.3, 0.4) is 0 Å². The van der Waals surface area contributed by atoms with E-state index in [9.17, 15) is 9.59 Å². The Kier molecular flexibility index (Phi) is 5.15. The Bertz CT molecular complexity index is 1450. The van der Waals surface area contributed by atoms with Gasteiger partial charge in [-0.25, -0.2) is 19.3 Å². The first-order chi connectivity index (χ1) is 17.5. The lowest BCUT2D eigenvalue weighted by atomic mass is 9.99. The third kappa shape index (κ3) is 4.24. The predicted molar refractivity (Wildman–Crippen MR) is 140 cm³/mol. The van der Waals surface area contributed by atoms with Crippen LogP contribution in [0.5, 0.6) is 0 Å². The number of amidine groups is 1. The summed E-state index contributed by atoms with van der Waals surface area (Å²) in [6.45, 7) is 11.4. The van der Waals surface area contributed by atoms with Gasteiger partial charge in [-0.05, 0) is 71.2 Å². The largest absolute Gasteiger partial charge is 0.444 e. The van der Waals surface area contributed by atoms with Crippen molar-refractivity contribution in [2.75, 3.05) is 19.6 Å². The molecule has 0 bridgehead atoms. The zero-order valence-corrected chi connectivity index (χ0v) is 21.9. The van der Waals surface area contributed by atoms with Crippen molar-refractivity contribution in [1.29, 1.82) is 0 Å². The average Bonchev–Trinajstić information content (AvgIpc) is 3.46. The summed E-state index contributed by atoms with van der Waals surface area (Å²) < 4.78 is 7.38. The number of aliphatic imine (C=N–C) groups is 2. The molecule has 0 N–H and O–H groups in total. The molecule has 10 heteroatoms. The molecule has 1 aliphatic carbocycles. The number of aromatic nitrogens is 3. The van der Waals surface area contributed by atoms with E-state index in [0.29, 0.717) is 36.7 Å². The van der Waals surface area contributed by atoms with Crippen molar-refractivity contribution in [1.82, 2.24) is 24.4 Å². The molecular weight excluding hydrogens is 470 g/mol. The van der Waals surface area contributed by atoms with Crippen molar-refractivity contribution in [2.45, 2.75) is 64.6 Å². The van der Waals surface area contributed by atoms with E-state index in [1.165, 1.54) is 6.08 Å². The van der Waals surface area contributed by atoms with Gasteiger partial charge in [0.25, 0.3) is 0 Å². The molecule has 1 spiro atoms. The minimum absolute atomic E-state index is 0.114. The van der Waals surface area contributed by atoms with Gasteiger partial charge in [-0.1, -0.05) is 0 Å². The molecule has 2 fully saturated rings. The highest BCUT2D eigenvalue weighted by atomic mass is 16.6. The van der Waals surface area contributed by atoms with Crippen LogP contribution in [0.1, 0.15) is 50.6 Å². The number of hydrogen-bond donors (Lipinski definition) is 0. The summed E-state index contributed by atoms with van der Waals surface area (Å²) in [4.78, 5) is 44.0. The molecule has 1 amide bonds. The lowest BCUT2D eigenvalue weighted by Gasteiger charge is -2.43. The molecule has 5 heterocycles. The van der Waals surface area contributed by atoms with Crippen molar-refractivity contribution in [2.24, 2.45) is 9.98 Å². The summed E-state index contributed by atoms with van der Waals surface area (Å²) in [7, 11) is 0. The molecule has 6 rings (SSSR count). The van der Waals surface area contributed by atoms with Crippen molar-refractivity contribution in [3.63, 3.8) is 0 Å². The number of nitrogens with zero attached hydrogens (tertiary/aromatic N) is 7. The highest BCUT2D eigenvalue weighted by Crippen LogP contribution is 2.45. The number of carbonyl (C=O) groups excluding carboxylic acids is 2. The van der Waals surface area contributed by atoms with Gasteiger partial charge in [-0.15, -0.1) is 0 Å². The van der Waals surface area contributed by atoms with E-state index in [0.717, 1.165) is 35.6 Å². The first kappa shape index (κ1) is 23.6. The van der Waals surface area contributed by atoms with Crippen LogP contribution in [-0.2, 0) is 9.53 Å². The number of imidazole rings is 1. The smallest absolute Gasteiger partial charge is 0.410 e. The number of piperazine rings is 1. The maximum atomic E-state index is 13.2. The number of fused-ring (bicyclic) bond motifs is 2. The summed E-state index contributed by atoms with van der Waals surface area (Å²) in [5.74, 6) is 0.644. The lowest BCUT2D eigenvalue weighted by molar-refractivity contribution is -0.114. The van der Waals surface area contributed by atoms with Crippen LogP contribution in [0.25, 0.3) is 11.3 Å². The van der Waals surface area contributed by atoms with Gasteiger partial charge in [-0.2, -0.15) is 5.10 Å². The molecule has 10 nitrogen and oxygen atoms in total. The number of amides is 1. The Hall–Kier alpha value is -3.82.